The van der Waals surface area contributed by atoms with Crippen molar-refractivity contribution in [2.75, 3.05) is 0 Å². The van der Waals surface area contributed by atoms with Gasteiger partial charge in [-0.25, -0.2) is 9.67 Å². The first kappa shape index (κ1) is 10.7. The summed E-state index contributed by atoms with van der Waals surface area (Å²) in [6.07, 6.45) is 5.84. The molecule has 3 heterocycles. The second kappa shape index (κ2) is 4.12. The molecular formula is C10H10ClN5S. The van der Waals surface area contributed by atoms with Crippen LogP contribution < -0.4 is 0 Å². The fraction of sp³-hybridized carbons (Fsp3) is 0.300. The van der Waals surface area contributed by atoms with Gasteiger partial charge in [0.1, 0.15) is 5.69 Å². The van der Waals surface area contributed by atoms with E-state index in [0.717, 1.165) is 16.3 Å². The van der Waals surface area contributed by atoms with E-state index in [1.165, 1.54) is 0 Å². The first-order valence-electron chi connectivity index (χ1n) is 5.17. The first-order valence-corrected chi connectivity index (χ1v) is 6.49. The highest BCUT2D eigenvalue weighted by molar-refractivity contribution is 7.15. The van der Waals surface area contributed by atoms with Crippen LogP contribution in [0.4, 0.5) is 0 Å². The number of hydrogen-bond donors (Lipinski definition) is 0. The Kier molecular flexibility index (Phi) is 2.60. The number of fused-ring (bicyclic) bond motifs is 1. The van der Waals surface area contributed by atoms with Crippen molar-refractivity contribution in [2.45, 2.75) is 18.8 Å². The van der Waals surface area contributed by atoms with E-state index in [0.29, 0.717) is 6.54 Å². The Labute approximate surface area is 107 Å². The average molecular weight is 268 g/mol. The molecular weight excluding hydrogens is 258 g/mol. The molecule has 7 heteroatoms. The van der Waals surface area contributed by atoms with Crippen molar-refractivity contribution < 1.29 is 0 Å². The Morgan fingerprint density at radius 2 is 2.35 bits per heavy atom. The van der Waals surface area contributed by atoms with Gasteiger partial charge in [0.2, 0.25) is 0 Å². The van der Waals surface area contributed by atoms with Crippen molar-refractivity contribution in [1.29, 1.82) is 0 Å². The number of imidazole rings is 1. The summed E-state index contributed by atoms with van der Waals surface area (Å²) in [6, 6.07) is 0. The van der Waals surface area contributed by atoms with E-state index in [9.17, 15) is 0 Å². The molecule has 0 saturated heterocycles. The van der Waals surface area contributed by atoms with E-state index in [4.69, 9.17) is 11.6 Å². The third-order valence-electron chi connectivity index (χ3n) is 2.43. The molecule has 0 radical (unpaired) electrons. The lowest BCUT2D eigenvalue weighted by atomic mass is 10.4. The number of alkyl halides is 1. The fourth-order valence-corrected chi connectivity index (χ4v) is 2.41. The van der Waals surface area contributed by atoms with E-state index in [1.54, 1.807) is 16.0 Å². The standard InChI is InChI=1S/C10H10ClN5S/c1-7(11)9-6-16(14-13-9)5-8-4-15-2-3-17-10(15)12-8/h2-4,6-7H,5H2,1H3. The minimum Gasteiger partial charge on any atom is -0.297 e. The van der Waals surface area contributed by atoms with Crippen LogP contribution in [0.2, 0.25) is 0 Å². The molecule has 3 aromatic heterocycles. The maximum absolute atomic E-state index is 5.93. The third-order valence-corrected chi connectivity index (χ3v) is 3.43. The first-order chi connectivity index (χ1) is 8.22. The smallest absolute Gasteiger partial charge is 0.193 e. The summed E-state index contributed by atoms with van der Waals surface area (Å²) >= 11 is 7.55. The Morgan fingerprint density at radius 3 is 3.06 bits per heavy atom. The van der Waals surface area contributed by atoms with E-state index in [-0.39, 0.29) is 5.38 Å². The monoisotopic (exact) mass is 267 g/mol. The summed E-state index contributed by atoms with van der Waals surface area (Å²) < 4.78 is 3.75. The van der Waals surface area contributed by atoms with Crippen LogP contribution in [0.3, 0.4) is 0 Å². The van der Waals surface area contributed by atoms with Crippen LogP contribution in [0.1, 0.15) is 23.7 Å². The number of nitrogens with zero attached hydrogens (tertiary/aromatic N) is 5. The van der Waals surface area contributed by atoms with Crippen LogP contribution in [0.5, 0.6) is 0 Å². The van der Waals surface area contributed by atoms with Crippen molar-refractivity contribution in [3.05, 3.63) is 35.4 Å². The van der Waals surface area contributed by atoms with Crippen LogP contribution in [0, 0.1) is 0 Å². The number of aromatic nitrogens is 5. The van der Waals surface area contributed by atoms with Crippen LogP contribution in [0.15, 0.2) is 24.0 Å². The predicted molar refractivity (Wildman–Crippen MR) is 66.5 cm³/mol. The molecule has 1 atom stereocenters. The molecule has 0 bridgehead atoms. The van der Waals surface area contributed by atoms with Gasteiger partial charge < -0.3 is 0 Å². The molecule has 0 saturated carbocycles. The van der Waals surface area contributed by atoms with Gasteiger partial charge in [0, 0.05) is 17.8 Å². The second-order valence-electron chi connectivity index (χ2n) is 3.78. The average Bonchev–Trinajstić information content (AvgIpc) is 2.91. The van der Waals surface area contributed by atoms with Gasteiger partial charge in [0.05, 0.1) is 23.8 Å². The van der Waals surface area contributed by atoms with Crippen molar-refractivity contribution in [3.63, 3.8) is 0 Å². The normalized spacial score (nSPS) is 13.3. The maximum Gasteiger partial charge on any atom is 0.193 e. The number of halogens is 1. The van der Waals surface area contributed by atoms with Crippen LogP contribution >= 0.6 is 22.9 Å². The number of rotatable bonds is 3. The summed E-state index contributed by atoms with van der Waals surface area (Å²) in [5.74, 6) is 0. The van der Waals surface area contributed by atoms with E-state index in [2.05, 4.69) is 15.3 Å². The van der Waals surface area contributed by atoms with Gasteiger partial charge in [-0.05, 0) is 6.92 Å². The highest BCUT2D eigenvalue weighted by atomic mass is 35.5. The van der Waals surface area contributed by atoms with Crippen LogP contribution in [-0.4, -0.2) is 24.4 Å². The lowest BCUT2D eigenvalue weighted by Crippen LogP contribution is -2.00. The molecule has 0 fully saturated rings. The second-order valence-corrected chi connectivity index (χ2v) is 5.31. The summed E-state index contributed by atoms with van der Waals surface area (Å²) in [5.41, 5.74) is 1.75. The summed E-state index contributed by atoms with van der Waals surface area (Å²) in [6.45, 7) is 2.49. The minimum atomic E-state index is -0.116. The summed E-state index contributed by atoms with van der Waals surface area (Å²) in [5, 5.41) is 9.92. The Morgan fingerprint density at radius 1 is 1.47 bits per heavy atom. The zero-order valence-corrected chi connectivity index (χ0v) is 10.7. The molecule has 88 valence electrons. The van der Waals surface area contributed by atoms with Crippen LogP contribution in [-0.2, 0) is 6.54 Å². The van der Waals surface area contributed by atoms with Gasteiger partial charge >= 0.3 is 0 Å². The molecule has 0 aliphatic carbocycles. The SMILES string of the molecule is CC(Cl)c1cn(Cc2cn3ccsc3n2)nn1. The number of hydrogen-bond acceptors (Lipinski definition) is 4. The predicted octanol–water partition coefficient (Wildman–Crippen LogP) is 2.34. The van der Waals surface area contributed by atoms with E-state index >= 15 is 0 Å². The van der Waals surface area contributed by atoms with Gasteiger partial charge in [-0.2, -0.15) is 0 Å². The van der Waals surface area contributed by atoms with E-state index < -0.39 is 0 Å². The highest BCUT2D eigenvalue weighted by Crippen LogP contribution is 2.16. The molecule has 0 aliphatic heterocycles. The molecule has 0 aromatic carbocycles. The summed E-state index contributed by atoms with van der Waals surface area (Å²) in [7, 11) is 0. The quantitative estimate of drug-likeness (QED) is 0.685. The van der Waals surface area contributed by atoms with Crippen molar-refractivity contribution in [3.8, 4) is 0 Å². The van der Waals surface area contributed by atoms with Crippen LogP contribution in [0.25, 0.3) is 4.96 Å². The lowest BCUT2D eigenvalue weighted by Gasteiger charge is -1.95. The zero-order valence-electron chi connectivity index (χ0n) is 9.12. The lowest BCUT2D eigenvalue weighted by molar-refractivity contribution is 0.640. The molecule has 3 rings (SSSR count). The maximum atomic E-state index is 5.93. The molecule has 17 heavy (non-hydrogen) atoms. The number of thiazole rings is 1. The topological polar surface area (TPSA) is 48.0 Å². The van der Waals surface area contributed by atoms with Gasteiger partial charge in [-0.3, -0.25) is 4.40 Å². The molecule has 0 spiro atoms. The highest BCUT2D eigenvalue weighted by Gasteiger charge is 2.08. The molecule has 1 unspecified atom stereocenters. The van der Waals surface area contributed by atoms with Gasteiger partial charge in [0.15, 0.2) is 4.96 Å². The van der Waals surface area contributed by atoms with Gasteiger partial charge in [-0.1, -0.05) is 5.21 Å². The summed E-state index contributed by atoms with van der Waals surface area (Å²) in [4.78, 5) is 5.47. The van der Waals surface area contributed by atoms with Crippen molar-refractivity contribution in [1.82, 2.24) is 24.4 Å². The third kappa shape index (κ3) is 2.05. The molecule has 0 N–H and O–H groups in total. The Hall–Kier alpha value is -1.40. The molecule has 3 aromatic rings. The van der Waals surface area contributed by atoms with Crippen molar-refractivity contribution in [2.24, 2.45) is 0 Å². The zero-order chi connectivity index (χ0) is 11.8. The molecule has 5 nitrogen and oxygen atoms in total. The largest absolute Gasteiger partial charge is 0.297 e. The molecule has 0 amide bonds. The van der Waals surface area contributed by atoms with Crippen molar-refractivity contribution >= 4 is 27.9 Å². The van der Waals surface area contributed by atoms with E-state index in [1.807, 2.05) is 35.3 Å². The Bertz CT molecular complexity index is 609. The minimum absolute atomic E-state index is 0.116. The van der Waals surface area contributed by atoms with Gasteiger partial charge in [-0.15, -0.1) is 28.0 Å². The molecule has 0 aliphatic rings. The Balaban J connectivity index is 1.84. The van der Waals surface area contributed by atoms with Gasteiger partial charge in [0.25, 0.3) is 0 Å². The fourth-order valence-electron chi connectivity index (χ4n) is 1.59.